The summed E-state index contributed by atoms with van der Waals surface area (Å²) in [7, 11) is 0. The summed E-state index contributed by atoms with van der Waals surface area (Å²) in [4.78, 5) is 0. The van der Waals surface area contributed by atoms with Gasteiger partial charge < -0.3 is 47.4 Å². The molecule has 10 nitrogen and oxygen atoms in total. The van der Waals surface area contributed by atoms with Crippen LogP contribution < -0.4 is 0 Å². The molecular formula is C34H70O10. The van der Waals surface area contributed by atoms with E-state index in [1.165, 1.54) is 64.2 Å². The van der Waals surface area contributed by atoms with Crippen LogP contribution in [0, 0.1) is 0 Å². The van der Waals surface area contributed by atoms with E-state index < -0.39 is 0 Å². The molecule has 44 heavy (non-hydrogen) atoms. The minimum absolute atomic E-state index is 0.237. The summed E-state index contributed by atoms with van der Waals surface area (Å²) in [6.07, 6.45) is 15.1. The molecular weight excluding hydrogens is 568 g/mol. The molecule has 0 heterocycles. The highest BCUT2D eigenvalue weighted by Crippen LogP contribution is 2.11. The zero-order valence-corrected chi connectivity index (χ0v) is 28.9. The molecule has 10 heteroatoms. The Labute approximate surface area is 270 Å². The number of unbranched alkanes of at least 4 members (excludes halogenated alkanes) is 10. The monoisotopic (exact) mass is 638 g/mol. The topological polar surface area (TPSA) is 92.3 Å². The third-order valence-corrected chi connectivity index (χ3v) is 6.55. The fraction of sp³-hybridized carbons (Fsp3) is 1.00. The molecule has 0 spiro atoms. The second-order valence-electron chi connectivity index (χ2n) is 11.0. The van der Waals surface area contributed by atoms with E-state index in [0.717, 1.165) is 13.0 Å². The Hall–Kier alpha value is -0.400. The average Bonchev–Trinajstić information content (AvgIpc) is 3.02. The number of hydrogen-bond donors (Lipinski definition) is 0. The Morgan fingerprint density at radius 1 is 0.273 bits per heavy atom. The molecule has 0 aliphatic heterocycles. The first-order chi connectivity index (χ1) is 21.8. The SMILES string of the molecule is CCCCCCCCCCCCCOCCOCCOCCOCCOCCOCCOCCOCCOCCOC(C)C. The molecule has 0 aliphatic carbocycles. The molecule has 0 amide bonds. The minimum Gasteiger partial charge on any atom is -0.379 e. The van der Waals surface area contributed by atoms with Crippen LogP contribution in [0.15, 0.2) is 0 Å². The Bertz CT molecular complexity index is 499. The number of ether oxygens (including phenoxy) is 10. The molecule has 0 fully saturated rings. The molecule has 0 bridgehead atoms. The van der Waals surface area contributed by atoms with Gasteiger partial charge in [-0.2, -0.15) is 0 Å². The predicted molar refractivity (Wildman–Crippen MR) is 175 cm³/mol. The first-order valence-electron chi connectivity index (χ1n) is 17.6. The lowest BCUT2D eigenvalue weighted by Crippen LogP contribution is -2.15. The van der Waals surface area contributed by atoms with Crippen molar-refractivity contribution in [2.45, 2.75) is 97.5 Å². The first-order valence-corrected chi connectivity index (χ1v) is 17.6. The largest absolute Gasteiger partial charge is 0.379 e. The molecule has 0 aromatic heterocycles. The maximum absolute atomic E-state index is 5.65. The molecule has 0 rings (SSSR count). The molecule has 0 aromatic carbocycles. The number of hydrogen-bond acceptors (Lipinski definition) is 10. The van der Waals surface area contributed by atoms with Crippen molar-refractivity contribution in [2.24, 2.45) is 0 Å². The lowest BCUT2D eigenvalue weighted by molar-refractivity contribution is -0.0279. The van der Waals surface area contributed by atoms with Crippen LogP contribution in [0.2, 0.25) is 0 Å². The summed E-state index contributed by atoms with van der Waals surface area (Å²) in [5.74, 6) is 0. The molecule has 0 radical (unpaired) electrons. The standard InChI is InChI=1S/C34H70O10/c1-4-5-6-7-8-9-10-11-12-13-14-15-35-16-17-36-18-19-37-20-21-38-22-23-39-24-25-40-26-27-41-28-29-42-30-31-43-32-33-44-34(2)3/h34H,4-33H2,1-3H3. The van der Waals surface area contributed by atoms with Crippen LogP contribution in [-0.4, -0.2) is 132 Å². The quantitative estimate of drug-likeness (QED) is 0.0759. The van der Waals surface area contributed by atoms with E-state index in [4.69, 9.17) is 47.4 Å². The third-order valence-electron chi connectivity index (χ3n) is 6.55. The highest BCUT2D eigenvalue weighted by molar-refractivity contribution is 4.48. The fourth-order valence-electron chi connectivity index (χ4n) is 4.07. The van der Waals surface area contributed by atoms with E-state index in [2.05, 4.69) is 6.92 Å². The second kappa shape index (κ2) is 40.6. The van der Waals surface area contributed by atoms with Crippen LogP contribution >= 0.6 is 0 Å². The summed E-state index contributed by atoms with van der Waals surface area (Å²) in [6.45, 7) is 17.3. The lowest BCUT2D eigenvalue weighted by Gasteiger charge is -2.09. The van der Waals surface area contributed by atoms with Gasteiger partial charge in [-0.15, -0.1) is 0 Å². The molecule has 0 aliphatic rings. The van der Waals surface area contributed by atoms with Crippen LogP contribution in [-0.2, 0) is 47.4 Å². The van der Waals surface area contributed by atoms with Crippen molar-refractivity contribution < 1.29 is 47.4 Å². The zero-order chi connectivity index (χ0) is 31.9. The van der Waals surface area contributed by atoms with E-state index in [1.54, 1.807) is 0 Å². The van der Waals surface area contributed by atoms with Crippen LogP contribution in [0.5, 0.6) is 0 Å². The Kier molecular flexibility index (Phi) is 40.3. The van der Waals surface area contributed by atoms with Crippen LogP contribution in [0.1, 0.15) is 91.4 Å². The lowest BCUT2D eigenvalue weighted by atomic mass is 10.1. The summed E-state index contributed by atoms with van der Waals surface area (Å²) in [5, 5.41) is 0. The molecule has 0 aromatic rings. The Morgan fingerprint density at radius 3 is 0.773 bits per heavy atom. The van der Waals surface area contributed by atoms with Gasteiger partial charge >= 0.3 is 0 Å². The first kappa shape index (κ1) is 43.6. The van der Waals surface area contributed by atoms with E-state index >= 15 is 0 Å². The molecule has 0 N–H and O–H groups in total. The van der Waals surface area contributed by atoms with Gasteiger partial charge in [0.15, 0.2) is 0 Å². The second-order valence-corrected chi connectivity index (χ2v) is 11.0. The maximum Gasteiger partial charge on any atom is 0.0703 e. The van der Waals surface area contributed by atoms with Gasteiger partial charge in [0.05, 0.1) is 125 Å². The van der Waals surface area contributed by atoms with Crippen molar-refractivity contribution in [1.29, 1.82) is 0 Å². The molecule has 0 saturated carbocycles. The molecule has 266 valence electrons. The van der Waals surface area contributed by atoms with Gasteiger partial charge in [0.25, 0.3) is 0 Å². The van der Waals surface area contributed by atoms with Crippen molar-refractivity contribution in [2.75, 3.05) is 126 Å². The van der Waals surface area contributed by atoms with Crippen LogP contribution in [0.4, 0.5) is 0 Å². The van der Waals surface area contributed by atoms with Crippen LogP contribution in [0.25, 0.3) is 0 Å². The number of rotatable bonds is 40. The zero-order valence-electron chi connectivity index (χ0n) is 28.9. The fourth-order valence-corrected chi connectivity index (χ4v) is 4.07. The van der Waals surface area contributed by atoms with Crippen molar-refractivity contribution >= 4 is 0 Å². The summed E-state index contributed by atoms with van der Waals surface area (Å²) < 4.78 is 54.9. The van der Waals surface area contributed by atoms with E-state index in [1.807, 2.05) is 13.8 Å². The molecule has 0 unspecified atom stereocenters. The normalized spacial score (nSPS) is 11.7. The Balaban J connectivity index is 3.03. The summed E-state index contributed by atoms with van der Waals surface area (Å²) in [6, 6.07) is 0. The van der Waals surface area contributed by atoms with E-state index in [9.17, 15) is 0 Å². The van der Waals surface area contributed by atoms with Gasteiger partial charge in [-0.1, -0.05) is 71.1 Å². The average molecular weight is 639 g/mol. The van der Waals surface area contributed by atoms with Gasteiger partial charge in [-0.25, -0.2) is 0 Å². The van der Waals surface area contributed by atoms with Gasteiger partial charge in [0, 0.05) is 6.61 Å². The highest BCUT2D eigenvalue weighted by Gasteiger charge is 1.97. The van der Waals surface area contributed by atoms with Gasteiger partial charge in [-0.3, -0.25) is 0 Å². The van der Waals surface area contributed by atoms with Gasteiger partial charge in [0.2, 0.25) is 0 Å². The minimum atomic E-state index is 0.237. The predicted octanol–water partition coefficient (Wildman–Crippen LogP) is 5.87. The molecule has 0 atom stereocenters. The van der Waals surface area contributed by atoms with E-state index in [0.29, 0.717) is 119 Å². The van der Waals surface area contributed by atoms with Gasteiger partial charge in [-0.05, 0) is 20.3 Å². The van der Waals surface area contributed by atoms with Gasteiger partial charge in [0.1, 0.15) is 0 Å². The summed E-state index contributed by atoms with van der Waals surface area (Å²) in [5.41, 5.74) is 0. The van der Waals surface area contributed by atoms with Crippen molar-refractivity contribution in [1.82, 2.24) is 0 Å². The molecule has 0 saturated heterocycles. The van der Waals surface area contributed by atoms with Crippen molar-refractivity contribution in [3.63, 3.8) is 0 Å². The maximum atomic E-state index is 5.65. The van der Waals surface area contributed by atoms with Crippen molar-refractivity contribution in [3.8, 4) is 0 Å². The Morgan fingerprint density at radius 2 is 0.500 bits per heavy atom. The van der Waals surface area contributed by atoms with Crippen LogP contribution in [0.3, 0.4) is 0 Å². The van der Waals surface area contributed by atoms with Crippen molar-refractivity contribution in [3.05, 3.63) is 0 Å². The third kappa shape index (κ3) is 41.6. The van der Waals surface area contributed by atoms with E-state index in [-0.39, 0.29) is 6.10 Å². The summed E-state index contributed by atoms with van der Waals surface area (Å²) >= 11 is 0. The highest BCUT2D eigenvalue weighted by atomic mass is 16.6. The smallest absolute Gasteiger partial charge is 0.0703 e.